The topological polar surface area (TPSA) is 119 Å². The Bertz CT molecular complexity index is 1170. The number of carbonyl (C=O) groups is 3. The molecule has 2 aromatic rings. The summed E-state index contributed by atoms with van der Waals surface area (Å²) in [4.78, 5) is 38.0. The summed E-state index contributed by atoms with van der Waals surface area (Å²) in [6, 6.07) is 10.2. The Morgan fingerprint density at radius 2 is 1.85 bits per heavy atom. The predicted molar refractivity (Wildman–Crippen MR) is 118 cm³/mol. The molecular weight excluding hydrogens is 472 g/mol. The highest BCUT2D eigenvalue weighted by atomic mass is 35.5. The molecule has 9 nitrogen and oxygen atoms in total. The number of esters is 1. The molecule has 33 heavy (non-hydrogen) atoms. The molecule has 0 unspecified atom stereocenters. The van der Waals surface area contributed by atoms with E-state index in [4.69, 9.17) is 21.1 Å². The molecule has 0 bridgehead atoms. The van der Waals surface area contributed by atoms with E-state index >= 15 is 0 Å². The van der Waals surface area contributed by atoms with Gasteiger partial charge in [0.2, 0.25) is 10.0 Å². The third kappa shape index (κ3) is 4.93. The maximum absolute atomic E-state index is 12.7. The second-order valence-electron chi connectivity index (χ2n) is 7.58. The molecule has 2 aliphatic rings. The van der Waals surface area contributed by atoms with Gasteiger partial charge in [0.05, 0.1) is 34.4 Å². The fourth-order valence-corrected chi connectivity index (χ4v) is 5.27. The zero-order chi connectivity index (χ0) is 23.6. The maximum atomic E-state index is 12.7. The summed E-state index contributed by atoms with van der Waals surface area (Å²) in [7, 11) is -3.98. The van der Waals surface area contributed by atoms with Gasteiger partial charge < -0.3 is 9.47 Å². The smallest absolute Gasteiger partial charge is 0.338 e. The normalized spacial score (nSPS) is 18.0. The summed E-state index contributed by atoms with van der Waals surface area (Å²) < 4.78 is 38.4. The van der Waals surface area contributed by atoms with Crippen molar-refractivity contribution in [2.75, 3.05) is 26.3 Å². The van der Waals surface area contributed by atoms with Crippen molar-refractivity contribution < 1.29 is 32.3 Å². The van der Waals surface area contributed by atoms with Crippen LogP contribution in [-0.4, -0.2) is 63.5 Å². The highest BCUT2D eigenvalue weighted by Gasteiger charge is 2.35. The number of imide groups is 1. The lowest BCUT2D eigenvalue weighted by atomic mass is 10.1. The molecule has 1 atom stereocenters. The average molecular weight is 493 g/mol. The molecule has 2 amide bonds. The van der Waals surface area contributed by atoms with E-state index in [2.05, 4.69) is 4.72 Å². The van der Waals surface area contributed by atoms with Crippen LogP contribution in [-0.2, 0) is 19.5 Å². The number of carbonyl (C=O) groups excluding carboxylic acids is 3. The van der Waals surface area contributed by atoms with Gasteiger partial charge in [0.1, 0.15) is 11.5 Å². The van der Waals surface area contributed by atoms with Crippen molar-refractivity contribution >= 4 is 39.4 Å². The minimum absolute atomic E-state index is 0.0285. The van der Waals surface area contributed by atoms with Crippen LogP contribution in [0.25, 0.3) is 0 Å². The van der Waals surface area contributed by atoms with E-state index in [9.17, 15) is 22.8 Å². The van der Waals surface area contributed by atoms with Gasteiger partial charge in [0.25, 0.3) is 11.8 Å². The van der Waals surface area contributed by atoms with Crippen LogP contribution >= 0.6 is 11.6 Å². The van der Waals surface area contributed by atoms with E-state index < -0.39 is 27.8 Å². The monoisotopic (exact) mass is 492 g/mol. The first-order valence-electron chi connectivity index (χ1n) is 10.3. The largest absolute Gasteiger partial charge is 0.460 e. The summed E-state index contributed by atoms with van der Waals surface area (Å²) in [5.74, 6) is -1.72. The Balaban J connectivity index is 1.38. The molecule has 2 aromatic carbocycles. The van der Waals surface area contributed by atoms with Crippen molar-refractivity contribution in [3.63, 3.8) is 0 Å². The minimum Gasteiger partial charge on any atom is -0.460 e. The second kappa shape index (κ2) is 9.60. The number of nitrogens with zero attached hydrogens (tertiary/aromatic N) is 1. The fourth-order valence-electron chi connectivity index (χ4n) is 3.68. The van der Waals surface area contributed by atoms with E-state index in [0.717, 1.165) is 23.8 Å². The van der Waals surface area contributed by atoms with Crippen LogP contribution in [0.15, 0.2) is 47.4 Å². The molecule has 174 valence electrons. The molecule has 2 heterocycles. The number of fused-ring (bicyclic) bond motifs is 1. The van der Waals surface area contributed by atoms with Crippen molar-refractivity contribution in [1.29, 1.82) is 0 Å². The van der Waals surface area contributed by atoms with Crippen molar-refractivity contribution in [2.24, 2.45) is 0 Å². The number of rotatable bonds is 8. The second-order valence-corrected chi connectivity index (χ2v) is 9.72. The maximum Gasteiger partial charge on any atom is 0.338 e. The van der Waals surface area contributed by atoms with Crippen LogP contribution in [0.5, 0.6) is 0 Å². The number of halogens is 1. The van der Waals surface area contributed by atoms with Crippen LogP contribution in [0.2, 0.25) is 5.02 Å². The molecule has 0 aliphatic carbocycles. The van der Waals surface area contributed by atoms with Gasteiger partial charge >= 0.3 is 5.97 Å². The van der Waals surface area contributed by atoms with Gasteiger partial charge in [-0.2, -0.15) is 0 Å². The highest BCUT2D eigenvalue weighted by Crippen LogP contribution is 2.24. The molecule has 0 radical (unpaired) electrons. The number of hydrogen-bond acceptors (Lipinski definition) is 7. The summed E-state index contributed by atoms with van der Waals surface area (Å²) in [6.45, 7) is 0.328. The van der Waals surface area contributed by atoms with Crippen LogP contribution in [0.4, 0.5) is 0 Å². The lowest BCUT2D eigenvalue weighted by Crippen LogP contribution is -2.33. The van der Waals surface area contributed by atoms with Gasteiger partial charge in [-0.3, -0.25) is 14.5 Å². The Hall–Kier alpha value is -2.79. The fraction of sp³-hybridized carbons (Fsp3) is 0.318. The van der Waals surface area contributed by atoms with Crippen molar-refractivity contribution in [1.82, 2.24) is 9.62 Å². The first kappa shape index (κ1) is 23.4. The van der Waals surface area contributed by atoms with Gasteiger partial charge in [0.15, 0.2) is 0 Å². The molecule has 0 aromatic heterocycles. The average Bonchev–Trinajstić information content (AvgIpc) is 3.41. The Kier molecular flexibility index (Phi) is 6.80. The van der Waals surface area contributed by atoms with Crippen LogP contribution in [0.3, 0.4) is 0 Å². The third-order valence-corrected chi connectivity index (χ3v) is 7.31. The molecule has 2 aliphatic heterocycles. The van der Waals surface area contributed by atoms with Crippen molar-refractivity contribution in [3.05, 3.63) is 64.2 Å². The zero-order valence-corrected chi connectivity index (χ0v) is 19.0. The number of hydrogen-bond donors (Lipinski definition) is 1. The van der Waals surface area contributed by atoms with Crippen LogP contribution < -0.4 is 4.72 Å². The van der Waals surface area contributed by atoms with Gasteiger partial charge in [-0.25, -0.2) is 17.9 Å². The highest BCUT2D eigenvalue weighted by molar-refractivity contribution is 7.89. The number of nitrogens with one attached hydrogen (secondary N) is 1. The summed E-state index contributed by atoms with van der Waals surface area (Å²) in [6.07, 6.45) is 1.43. The Labute approximate surface area is 195 Å². The standard InChI is InChI=1S/C22H21ClN2O7S/c23-18-8-7-14(12-19(18)33(29,30)24-13-15-4-3-10-31-15)22(28)32-11-9-25-20(26)16-5-1-2-6-17(16)21(25)27/h1-2,5-8,12,15,24H,3-4,9-11,13H2/t15-/m1/s1. The lowest BCUT2D eigenvalue weighted by Gasteiger charge is -2.15. The molecule has 0 spiro atoms. The van der Waals surface area contributed by atoms with Gasteiger partial charge in [-0.05, 0) is 43.2 Å². The van der Waals surface area contributed by atoms with E-state index in [1.54, 1.807) is 24.3 Å². The first-order valence-corrected chi connectivity index (χ1v) is 12.2. The van der Waals surface area contributed by atoms with Gasteiger partial charge in [-0.15, -0.1) is 0 Å². The van der Waals surface area contributed by atoms with Gasteiger partial charge in [0, 0.05) is 13.2 Å². The molecule has 1 saturated heterocycles. The van der Waals surface area contributed by atoms with Crippen molar-refractivity contribution in [3.8, 4) is 0 Å². The summed E-state index contributed by atoms with van der Waals surface area (Å²) in [5.41, 5.74) is 0.577. The molecule has 4 rings (SSSR count). The Morgan fingerprint density at radius 3 is 2.48 bits per heavy atom. The number of sulfonamides is 1. The molecule has 1 N–H and O–H groups in total. The first-order chi connectivity index (χ1) is 15.8. The number of ether oxygens (including phenoxy) is 2. The van der Waals surface area contributed by atoms with Crippen LogP contribution in [0, 0.1) is 0 Å². The molecule has 0 saturated carbocycles. The summed E-state index contributed by atoms with van der Waals surface area (Å²) in [5, 5.41) is -0.0441. The van der Waals surface area contributed by atoms with E-state index in [0.29, 0.717) is 17.7 Å². The predicted octanol–water partition coefficient (Wildman–Crippen LogP) is 2.25. The lowest BCUT2D eigenvalue weighted by molar-refractivity contribution is 0.0420. The SMILES string of the molecule is O=C(OCCN1C(=O)c2ccccc2C1=O)c1ccc(Cl)c(S(=O)(=O)NC[C@H]2CCCO2)c1. The molecular formula is C22H21ClN2O7S. The number of benzene rings is 2. The van der Waals surface area contributed by atoms with E-state index in [1.807, 2.05) is 0 Å². The third-order valence-electron chi connectivity index (χ3n) is 5.41. The van der Waals surface area contributed by atoms with Gasteiger partial charge in [-0.1, -0.05) is 23.7 Å². The van der Waals surface area contributed by atoms with E-state index in [1.165, 1.54) is 12.1 Å². The minimum atomic E-state index is -3.98. The molecule has 1 fully saturated rings. The quantitative estimate of drug-likeness (QED) is 0.443. The van der Waals surface area contributed by atoms with Crippen LogP contribution in [0.1, 0.15) is 43.9 Å². The molecule has 11 heteroatoms. The number of amides is 2. The Morgan fingerprint density at radius 1 is 1.15 bits per heavy atom. The zero-order valence-electron chi connectivity index (χ0n) is 17.5. The summed E-state index contributed by atoms with van der Waals surface area (Å²) >= 11 is 6.06. The van der Waals surface area contributed by atoms with E-state index in [-0.39, 0.29) is 41.3 Å². The van der Waals surface area contributed by atoms with Crippen molar-refractivity contribution in [2.45, 2.75) is 23.8 Å².